The number of rotatable bonds is 4. The van der Waals surface area contributed by atoms with Gasteiger partial charge in [0.1, 0.15) is 0 Å². The van der Waals surface area contributed by atoms with E-state index < -0.39 is 0 Å². The van der Waals surface area contributed by atoms with E-state index in [1.807, 2.05) is 12.1 Å². The molecule has 1 aromatic carbocycles. The first-order valence-electron chi connectivity index (χ1n) is 7.98. The largest absolute Gasteiger partial charge is 0.504 e. The molecule has 2 fully saturated rings. The Bertz CT molecular complexity index is 540. The second-order valence-corrected chi connectivity index (χ2v) is 7.51. The van der Waals surface area contributed by atoms with Crippen molar-refractivity contribution in [2.24, 2.45) is 16.7 Å². The van der Waals surface area contributed by atoms with Crippen LogP contribution < -0.4 is 10.1 Å². The summed E-state index contributed by atoms with van der Waals surface area (Å²) in [6.07, 6.45) is 3.94. The number of nitrogens with one attached hydrogen (secondary N) is 1. The smallest absolute Gasteiger partial charge is 0.162 e. The molecular formula is C18H27NO2. The predicted octanol–water partition coefficient (Wildman–Crippen LogP) is 3.71. The van der Waals surface area contributed by atoms with Crippen LogP contribution in [0.15, 0.2) is 18.2 Å². The van der Waals surface area contributed by atoms with Crippen LogP contribution in [0.2, 0.25) is 0 Å². The van der Waals surface area contributed by atoms with Crippen LogP contribution in [-0.4, -0.2) is 18.3 Å². The number of hydrogen-bond acceptors (Lipinski definition) is 3. The second kappa shape index (κ2) is 4.91. The third kappa shape index (κ3) is 2.05. The predicted molar refractivity (Wildman–Crippen MR) is 84.5 cm³/mol. The number of methoxy groups -OCH3 is 1. The van der Waals surface area contributed by atoms with Crippen molar-refractivity contribution in [1.29, 1.82) is 0 Å². The van der Waals surface area contributed by atoms with Crippen molar-refractivity contribution in [1.82, 2.24) is 5.32 Å². The zero-order valence-electron chi connectivity index (χ0n) is 13.6. The van der Waals surface area contributed by atoms with E-state index in [-0.39, 0.29) is 5.75 Å². The number of hydrogen-bond donors (Lipinski definition) is 2. The van der Waals surface area contributed by atoms with Gasteiger partial charge >= 0.3 is 0 Å². The van der Waals surface area contributed by atoms with E-state index in [0.29, 0.717) is 29.2 Å². The monoisotopic (exact) mass is 289 g/mol. The second-order valence-electron chi connectivity index (χ2n) is 7.51. The zero-order chi connectivity index (χ0) is 15.3. The summed E-state index contributed by atoms with van der Waals surface area (Å²) in [7, 11) is 1.59. The molecule has 0 saturated heterocycles. The van der Waals surface area contributed by atoms with Gasteiger partial charge in [-0.1, -0.05) is 32.9 Å². The fourth-order valence-electron chi connectivity index (χ4n) is 4.62. The average Bonchev–Trinajstić information content (AvgIpc) is 2.79. The van der Waals surface area contributed by atoms with E-state index in [2.05, 4.69) is 26.1 Å². The number of aromatic hydroxyl groups is 1. The van der Waals surface area contributed by atoms with Gasteiger partial charge < -0.3 is 15.2 Å². The number of ether oxygens (including phenoxy) is 1. The van der Waals surface area contributed by atoms with Gasteiger partial charge in [0, 0.05) is 18.2 Å². The normalized spacial score (nSPS) is 33.3. The highest BCUT2D eigenvalue weighted by Gasteiger charge is 2.60. The summed E-state index contributed by atoms with van der Waals surface area (Å²) >= 11 is 0. The molecule has 2 saturated carbocycles. The molecule has 0 radical (unpaired) electrons. The van der Waals surface area contributed by atoms with E-state index in [4.69, 9.17) is 4.74 Å². The van der Waals surface area contributed by atoms with Gasteiger partial charge in [0.05, 0.1) is 7.11 Å². The molecule has 0 aromatic heterocycles. The Morgan fingerprint density at radius 2 is 2.10 bits per heavy atom. The van der Waals surface area contributed by atoms with Crippen molar-refractivity contribution < 1.29 is 9.84 Å². The molecule has 3 unspecified atom stereocenters. The van der Waals surface area contributed by atoms with Gasteiger partial charge in [0.25, 0.3) is 0 Å². The van der Waals surface area contributed by atoms with Crippen molar-refractivity contribution in [2.45, 2.75) is 52.6 Å². The Hall–Kier alpha value is -1.22. The van der Waals surface area contributed by atoms with Crippen molar-refractivity contribution in [3.63, 3.8) is 0 Å². The maximum atomic E-state index is 10.2. The van der Waals surface area contributed by atoms with Gasteiger partial charge in [-0.2, -0.15) is 0 Å². The van der Waals surface area contributed by atoms with Crippen LogP contribution in [-0.2, 0) is 6.54 Å². The molecule has 3 nitrogen and oxygen atoms in total. The van der Waals surface area contributed by atoms with Crippen molar-refractivity contribution >= 4 is 0 Å². The van der Waals surface area contributed by atoms with Crippen molar-refractivity contribution in [2.75, 3.05) is 7.11 Å². The maximum absolute atomic E-state index is 10.2. The molecule has 21 heavy (non-hydrogen) atoms. The third-order valence-electron chi connectivity index (χ3n) is 6.64. The Labute approximate surface area is 127 Å². The lowest BCUT2D eigenvalue weighted by molar-refractivity contribution is 0.120. The van der Waals surface area contributed by atoms with E-state index in [1.165, 1.54) is 19.3 Å². The Kier molecular flexibility index (Phi) is 3.44. The number of fused-ring (bicyclic) bond motifs is 2. The SMILES string of the molecule is COc1cccc(CNC2CC3CCC2(C)C3(C)C)c1O. The highest BCUT2D eigenvalue weighted by Crippen LogP contribution is 2.65. The third-order valence-corrected chi connectivity index (χ3v) is 6.64. The summed E-state index contributed by atoms with van der Waals surface area (Å²) in [5.41, 5.74) is 1.70. The quantitative estimate of drug-likeness (QED) is 0.888. The molecule has 2 N–H and O–H groups in total. The lowest BCUT2D eigenvalue weighted by Gasteiger charge is -2.39. The van der Waals surface area contributed by atoms with Crippen LogP contribution in [0.25, 0.3) is 0 Å². The molecule has 116 valence electrons. The molecule has 0 amide bonds. The van der Waals surface area contributed by atoms with Gasteiger partial charge in [0.2, 0.25) is 0 Å². The lowest BCUT2D eigenvalue weighted by atomic mass is 9.69. The van der Waals surface area contributed by atoms with Gasteiger partial charge in [-0.15, -0.1) is 0 Å². The average molecular weight is 289 g/mol. The van der Waals surface area contributed by atoms with Gasteiger partial charge in [-0.05, 0) is 42.1 Å². The number of para-hydroxylation sites is 1. The standard InChI is InChI=1S/C18H27NO2/c1-17(2)13-8-9-18(17,3)15(10-13)19-11-12-6-5-7-14(21-4)16(12)20/h5-7,13,15,19-20H,8-11H2,1-4H3. The molecule has 3 heteroatoms. The summed E-state index contributed by atoms with van der Waals surface area (Å²) < 4.78 is 5.18. The summed E-state index contributed by atoms with van der Waals surface area (Å²) in [6.45, 7) is 7.99. The number of phenolic OH excluding ortho intramolecular Hbond substituents is 1. The maximum Gasteiger partial charge on any atom is 0.162 e. The van der Waals surface area contributed by atoms with Crippen LogP contribution >= 0.6 is 0 Å². The molecule has 0 aliphatic heterocycles. The van der Waals surface area contributed by atoms with Crippen molar-refractivity contribution in [3.8, 4) is 11.5 Å². The molecule has 3 atom stereocenters. The summed E-state index contributed by atoms with van der Waals surface area (Å²) in [6, 6.07) is 6.23. The first-order chi connectivity index (χ1) is 9.90. The molecule has 3 rings (SSSR count). The minimum atomic E-state index is 0.264. The van der Waals surface area contributed by atoms with E-state index in [1.54, 1.807) is 13.2 Å². The van der Waals surface area contributed by atoms with Gasteiger partial charge in [0.15, 0.2) is 11.5 Å². The molecule has 1 aromatic rings. The van der Waals surface area contributed by atoms with Crippen LogP contribution in [0, 0.1) is 16.7 Å². The summed E-state index contributed by atoms with van der Waals surface area (Å²) in [4.78, 5) is 0. The van der Waals surface area contributed by atoms with Gasteiger partial charge in [-0.25, -0.2) is 0 Å². The molecule has 0 heterocycles. The number of benzene rings is 1. The topological polar surface area (TPSA) is 41.5 Å². The molecule has 2 bridgehead atoms. The van der Waals surface area contributed by atoms with E-state index in [9.17, 15) is 5.11 Å². The molecule has 0 spiro atoms. The highest BCUT2D eigenvalue weighted by atomic mass is 16.5. The summed E-state index contributed by atoms with van der Waals surface area (Å²) in [5, 5.41) is 13.9. The van der Waals surface area contributed by atoms with Crippen LogP contribution in [0.5, 0.6) is 11.5 Å². The Morgan fingerprint density at radius 3 is 2.67 bits per heavy atom. The van der Waals surface area contributed by atoms with Gasteiger partial charge in [-0.3, -0.25) is 0 Å². The Morgan fingerprint density at radius 1 is 1.33 bits per heavy atom. The highest BCUT2D eigenvalue weighted by molar-refractivity contribution is 5.45. The van der Waals surface area contributed by atoms with Crippen molar-refractivity contribution in [3.05, 3.63) is 23.8 Å². The first kappa shape index (κ1) is 14.7. The molecular weight excluding hydrogens is 262 g/mol. The van der Waals surface area contributed by atoms with Crippen LogP contribution in [0.1, 0.15) is 45.6 Å². The first-order valence-corrected chi connectivity index (χ1v) is 7.98. The molecule has 2 aliphatic rings. The Balaban J connectivity index is 1.73. The molecule has 2 aliphatic carbocycles. The number of phenols is 1. The van der Waals surface area contributed by atoms with E-state index >= 15 is 0 Å². The zero-order valence-corrected chi connectivity index (χ0v) is 13.6. The van der Waals surface area contributed by atoms with Crippen LogP contribution in [0.4, 0.5) is 0 Å². The van der Waals surface area contributed by atoms with Crippen LogP contribution in [0.3, 0.4) is 0 Å². The fraction of sp³-hybridized carbons (Fsp3) is 0.667. The summed E-state index contributed by atoms with van der Waals surface area (Å²) in [5.74, 6) is 1.65. The minimum Gasteiger partial charge on any atom is -0.504 e. The van der Waals surface area contributed by atoms with E-state index in [0.717, 1.165) is 11.5 Å². The minimum absolute atomic E-state index is 0.264. The lowest BCUT2D eigenvalue weighted by Crippen LogP contribution is -2.44. The fourth-order valence-corrected chi connectivity index (χ4v) is 4.62.